The number of nitrogens with zero attached hydrogens (tertiary/aromatic N) is 2. The average Bonchev–Trinajstić information content (AvgIpc) is 3.32. The van der Waals surface area contributed by atoms with E-state index in [1.165, 1.54) is 7.11 Å². The molecule has 10 heteroatoms. The number of esters is 1. The molecule has 2 aromatic heterocycles. The number of aromatic nitrogens is 1. The number of hydrogen-bond donors (Lipinski definition) is 4. The lowest BCUT2D eigenvalue weighted by Crippen LogP contribution is -2.30. The van der Waals surface area contributed by atoms with Gasteiger partial charge >= 0.3 is 5.97 Å². The van der Waals surface area contributed by atoms with Gasteiger partial charge in [-0.3, -0.25) is 9.59 Å². The Hall–Kier alpha value is -4.18. The van der Waals surface area contributed by atoms with E-state index in [-0.39, 0.29) is 18.3 Å². The summed E-state index contributed by atoms with van der Waals surface area (Å²) in [5, 5.41) is 13.3. The van der Waals surface area contributed by atoms with E-state index < -0.39 is 5.97 Å². The number of hydrazone groups is 1. The summed E-state index contributed by atoms with van der Waals surface area (Å²) in [5.74, 6) is 5.27. The number of pyridine rings is 1. The molecule has 2 aromatic carbocycles. The van der Waals surface area contributed by atoms with Crippen molar-refractivity contribution in [2.75, 3.05) is 19.0 Å². The molecule has 0 aliphatic carbocycles. The fraction of sp³-hybridized carbons (Fsp3) is 0.0909. The van der Waals surface area contributed by atoms with Gasteiger partial charge in [0.1, 0.15) is 18.2 Å². The first-order chi connectivity index (χ1) is 15.5. The van der Waals surface area contributed by atoms with Crippen molar-refractivity contribution in [3.63, 3.8) is 0 Å². The summed E-state index contributed by atoms with van der Waals surface area (Å²) >= 11 is 1.61. The lowest BCUT2D eigenvalue weighted by atomic mass is 10.1. The van der Waals surface area contributed by atoms with Gasteiger partial charge in [-0.1, -0.05) is 18.2 Å². The topological polar surface area (TPSA) is 145 Å². The van der Waals surface area contributed by atoms with Crippen molar-refractivity contribution < 1.29 is 14.3 Å². The molecule has 4 aromatic rings. The van der Waals surface area contributed by atoms with Gasteiger partial charge in [0, 0.05) is 32.3 Å². The highest BCUT2D eigenvalue weighted by Crippen LogP contribution is 2.35. The Morgan fingerprint density at radius 3 is 2.75 bits per heavy atom. The quantitative estimate of drug-likeness (QED) is 0.117. The van der Waals surface area contributed by atoms with Crippen LogP contribution in [0.25, 0.3) is 21.0 Å². The predicted molar refractivity (Wildman–Crippen MR) is 126 cm³/mol. The van der Waals surface area contributed by atoms with Crippen molar-refractivity contribution in [3.8, 4) is 0 Å². The fourth-order valence-corrected chi connectivity index (χ4v) is 4.16. The molecule has 6 N–H and O–H groups in total. The number of methoxy groups -OCH3 is 1. The van der Waals surface area contributed by atoms with Crippen LogP contribution in [0.15, 0.2) is 59.0 Å². The van der Waals surface area contributed by atoms with Crippen molar-refractivity contribution in [2.45, 2.75) is 0 Å². The number of carbonyl (C=O) groups is 2. The van der Waals surface area contributed by atoms with Crippen LogP contribution in [0.4, 0.5) is 11.5 Å². The van der Waals surface area contributed by atoms with Crippen molar-refractivity contribution in [3.05, 3.63) is 65.0 Å². The molecule has 162 valence electrons. The number of rotatable bonds is 6. The van der Waals surface area contributed by atoms with Gasteiger partial charge in [0.25, 0.3) is 5.91 Å². The first-order valence-corrected chi connectivity index (χ1v) is 10.4. The second-order valence-corrected chi connectivity index (χ2v) is 7.75. The zero-order chi connectivity index (χ0) is 22.7. The summed E-state index contributed by atoms with van der Waals surface area (Å²) < 4.78 is 5.61. The molecule has 0 saturated heterocycles. The normalized spacial score (nSPS) is 11.5. The minimum absolute atomic E-state index is 0.202. The van der Waals surface area contributed by atoms with Crippen LogP contribution in [0.2, 0.25) is 0 Å². The van der Waals surface area contributed by atoms with Crippen LogP contribution in [0.3, 0.4) is 0 Å². The number of fused-ring (bicyclic) bond motifs is 3. The largest absolute Gasteiger partial charge is 0.468 e. The van der Waals surface area contributed by atoms with Gasteiger partial charge in [0.2, 0.25) is 0 Å². The third kappa shape index (κ3) is 4.16. The average molecular weight is 449 g/mol. The molecule has 9 nitrogen and oxygen atoms in total. The van der Waals surface area contributed by atoms with Crippen molar-refractivity contribution in [1.82, 2.24) is 10.3 Å². The second kappa shape index (κ2) is 8.90. The van der Waals surface area contributed by atoms with Gasteiger partial charge in [0.05, 0.1) is 12.6 Å². The molecule has 0 fully saturated rings. The molecule has 0 saturated carbocycles. The fourth-order valence-electron chi connectivity index (χ4n) is 3.23. The highest BCUT2D eigenvalue weighted by Gasteiger charge is 2.13. The van der Waals surface area contributed by atoms with Gasteiger partial charge in [-0.15, -0.1) is 11.3 Å². The van der Waals surface area contributed by atoms with E-state index in [0.29, 0.717) is 22.6 Å². The second-order valence-electron chi connectivity index (χ2n) is 6.83. The lowest BCUT2D eigenvalue weighted by molar-refractivity contribution is -0.139. The minimum atomic E-state index is -0.521. The number of thiophene rings is 1. The van der Waals surface area contributed by atoms with Gasteiger partial charge in [0.15, 0.2) is 0 Å². The Bertz CT molecular complexity index is 1360. The molecule has 0 unspecified atom stereocenters. The number of hydrogen-bond acceptors (Lipinski definition) is 8. The molecule has 0 aliphatic rings. The first-order valence-electron chi connectivity index (χ1n) is 9.57. The SMILES string of the molecule is COC(=O)CNC(=O)c1cccc(Nc2nc3cc(/C(N)=N/N)ccc3c3sccc23)c1. The van der Waals surface area contributed by atoms with E-state index in [1.54, 1.807) is 29.5 Å². The number of nitrogens with one attached hydrogen (secondary N) is 2. The lowest BCUT2D eigenvalue weighted by Gasteiger charge is -2.11. The zero-order valence-corrected chi connectivity index (χ0v) is 17.9. The van der Waals surface area contributed by atoms with Crippen LogP contribution in [0.5, 0.6) is 0 Å². The Balaban J connectivity index is 1.68. The molecule has 4 rings (SSSR count). The summed E-state index contributed by atoms with van der Waals surface area (Å²) in [5.41, 5.74) is 8.34. The standard InChI is InChI=1S/C22H20N6O3S/c1-31-18(29)11-25-22(30)13-3-2-4-14(9-13)26-21-16-7-8-32-19(16)15-6-5-12(20(23)28-24)10-17(15)27-21/h2-10H,11,24H2,1H3,(H2,23,28)(H,25,30)(H,26,27). The molecule has 2 heterocycles. The van der Waals surface area contributed by atoms with Gasteiger partial charge in [-0.25, -0.2) is 4.98 Å². The predicted octanol–water partition coefficient (Wildman–Crippen LogP) is 2.67. The maximum Gasteiger partial charge on any atom is 0.325 e. The smallest absolute Gasteiger partial charge is 0.325 e. The van der Waals surface area contributed by atoms with Crippen LogP contribution in [-0.4, -0.2) is 36.4 Å². The third-order valence-corrected chi connectivity index (χ3v) is 5.79. The number of amidine groups is 1. The summed E-state index contributed by atoms with van der Waals surface area (Å²) in [6.45, 7) is -0.202. The maximum absolute atomic E-state index is 12.4. The Labute approximate surface area is 187 Å². The van der Waals surface area contributed by atoms with E-state index in [9.17, 15) is 9.59 Å². The van der Waals surface area contributed by atoms with Crippen molar-refractivity contribution in [1.29, 1.82) is 0 Å². The summed E-state index contributed by atoms with van der Waals surface area (Å²) in [6, 6.07) is 14.6. The third-order valence-electron chi connectivity index (χ3n) is 4.84. The van der Waals surface area contributed by atoms with Crippen LogP contribution >= 0.6 is 11.3 Å². The van der Waals surface area contributed by atoms with Crippen LogP contribution < -0.4 is 22.2 Å². The number of amides is 1. The number of benzene rings is 2. The van der Waals surface area contributed by atoms with Crippen molar-refractivity contribution in [2.24, 2.45) is 16.7 Å². The number of ether oxygens (including phenoxy) is 1. The summed E-state index contributed by atoms with van der Waals surface area (Å²) in [4.78, 5) is 28.4. The number of nitrogens with two attached hydrogens (primary N) is 2. The van der Waals surface area contributed by atoms with Crippen LogP contribution in [0.1, 0.15) is 15.9 Å². The molecule has 0 bridgehead atoms. The number of anilines is 2. The molecule has 32 heavy (non-hydrogen) atoms. The number of carbonyl (C=O) groups excluding carboxylic acids is 2. The molecular formula is C22H20N6O3S. The highest BCUT2D eigenvalue weighted by molar-refractivity contribution is 7.18. The molecular weight excluding hydrogens is 428 g/mol. The minimum Gasteiger partial charge on any atom is -0.468 e. The maximum atomic E-state index is 12.4. The first kappa shape index (κ1) is 21.1. The van der Waals surface area contributed by atoms with Crippen LogP contribution in [-0.2, 0) is 9.53 Å². The Morgan fingerprint density at radius 1 is 1.12 bits per heavy atom. The molecule has 0 spiro atoms. The zero-order valence-electron chi connectivity index (χ0n) is 17.1. The molecule has 0 aliphatic heterocycles. The van der Waals surface area contributed by atoms with Crippen molar-refractivity contribution >= 4 is 61.5 Å². The van der Waals surface area contributed by atoms with Crippen LogP contribution in [0, 0.1) is 0 Å². The monoisotopic (exact) mass is 448 g/mol. The molecule has 0 atom stereocenters. The van der Waals surface area contributed by atoms with Gasteiger partial charge in [-0.05, 0) is 35.7 Å². The van der Waals surface area contributed by atoms with E-state index in [0.717, 1.165) is 21.0 Å². The van der Waals surface area contributed by atoms with Gasteiger partial charge in [-0.2, -0.15) is 5.10 Å². The molecule has 0 radical (unpaired) electrons. The summed E-state index contributed by atoms with van der Waals surface area (Å²) in [7, 11) is 1.26. The van der Waals surface area contributed by atoms with Gasteiger partial charge < -0.3 is 26.9 Å². The molecule has 1 amide bonds. The summed E-state index contributed by atoms with van der Waals surface area (Å²) in [6.07, 6.45) is 0. The Morgan fingerprint density at radius 2 is 1.97 bits per heavy atom. The van der Waals surface area contributed by atoms with E-state index >= 15 is 0 Å². The van der Waals surface area contributed by atoms with E-state index in [4.69, 9.17) is 16.6 Å². The van der Waals surface area contributed by atoms with E-state index in [2.05, 4.69) is 20.5 Å². The van der Waals surface area contributed by atoms with E-state index in [1.807, 2.05) is 35.7 Å². The highest BCUT2D eigenvalue weighted by atomic mass is 32.1. The Kier molecular flexibility index (Phi) is 5.86.